The van der Waals surface area contributed by atoms with Gasteiger partial charge in [0.25, 0.3) is 0 Å². The van der Waals surface area contributed by atoms with Crippen molar-refractivity contribution in [3.63, 3.8) is 0 Å². The van der Waals surface area contributed by atoms with E-state index in [-0.39, 0.29) is 11.8 Å². The molecule has 0 radical (unpaired) electrons. The molecule has 1 aromatic heterocycles. The fraction of sp³-hybridized carbons (Fsp3) is 0.615. The third-order valence-corrected chi connectivity index (χ3v) is 4.62. The summed E-state index contributed by atoms with van der Waals surface area (Å²) in [6.07, 6.45) is 0. The number of amides is 1. The SMILES string of the molecule is CC(CCl)C(=O)N1CCN(Cc2cccs2)CC1. The van der Waals surface area contributed by atoms with Crippen LogP contribution in [0.2, 0.25) is 0 Å². The van der Waals surface area contributed by atoms with Crippen molar-refractivity contribution in [3.8, 4) is 0 Å². The van der Waals surface area contributed by atoms with Crippen molar-refractivity contribution in [1.29, 1.82) is 0 Å². The molecule has 1 saturated heterocycles. The number of carbonyl (C=O) groups excluding carboxylic acids is 1. The minimum Gasteiger partial charge on any atom is -0.340 e. The van der Waals surface area contributed by atoms with Crippen LogP contribution in [0.3, 0.4) is 0 Å². The van der Waals surface area contributed by atoms with Crippen LogP contribution in [-0.4, -0.2) is 47.8 Å². The van der Waals surface area contributed by atoms with Crippen molar-refractivity contribution >= 4 is 28.8 Å². The molecule has 1 atom stereocenters. The number of halogens is 1. The summed E-state index contributed by atoms with van der Waals surface area (Å²) in [7, 11) is 0. The fourth-order valence-electron chi connectivity index (χ4n) is 2.13. The van der Waals surface area contributed by atoms with E-state index < -0.39 is 0 Å². The van der Waals surface area contributed by atoms with Crippen molar-refractivity contribution in [2.24, 2.45) is 5.92 Å². The van der Waals surface area contributed by atoms with Crippen LogP contribution in [0, 0.1) is 5.92 Å². The van der Waals surface area contributed by atoms with Crippen LogP contribution in [0.15, 0.2) is 17.5 Å². The van der Waals surface area contributed by atoms with E-state index in [0.29, 0.717) is 5.88 Å². The van der Waals surface area contributed by atoms with Gasteiger partial charge in [-0.2, -0.15) is 0 Å². The van der Waals surface area contributed by atoms with E-state index in [0.717, 1.165) is 32.7 Å². The molecule has 1 aliphatic heterocycles. The molecule has 0 bridgehead atoms. The maximum Gasteiger partial charge on any atom is 0.226 e. The van der Waals surface area contributed by atoms with Crippen LogP contribution in [0.5, 0.6) is 0 Å². The van der Waals surface area contributed by atoms with Gasteiger partial charge in [0, 0.05) is 49.4 Å². The van der Waals surface area contributed by atoms with E-state index in [9.17, 15) is 4.79 Å². The lowest BCUT2D eigenvalue weighted by molar-refractivity contribution is -0.136. The number of alkyl halides is 1. The number of hydrogen-bond donors (Lipinski definition) is 0. The zero-order valence-corrected chi connectivity index (χ0v) is 12.2. The normalized spacial score (nSPS) is 18.9. The van der Waals surface area contributed by atoms with Crippen molar-refractivity contribution < 1.29 is 4.79 Å². The first kappa shape index (κ1) is 13.8. The second-order valence-corrected chi connectivity index (χ2v) is 6.08. The van der Waals surface area contributed by atoms with Crippen molar-refractivity contribution in [3.05, 3.63) is 22.4 Å². The molecule has 0 aliphatic carbocycles. The topological polar surface area (TPSA) is 23.6 Å². The van der Waals surface area contributed by atoms with Crippen LogP contribution in [0.4, 0.5) is 0 Å². The lowest BCUT2D eigenvalue weighted by Gasteiger charge is -2.35. The molecule has 5 heteroatoms. The summed E-state index contributed by atoms with van der Waals surface area (Å²) >= 11 is 7.53. The van der Waals surface area contributed by atoms with E-state index in [2.05, 4.69) is 22.4 Å². The lowest BCUT2D eigenvalue weighted by atomic mass is 10.1. The Kier molecular flexibility index (Phi) is 5.03. The van der Waals surface area contributed by atoms with E-state index in [1.807, 2.05) is 11.8 Å². The van der Waals surface area contributed by atoms with Gasteiger partial charge < -0.3 is 4.90 Å². The number of nitrogens with zero attached hydrogens (tertiary/aromatic N) is 2. The zero-order chi connectivity index (χ0) is 13.0. The highest BCUT2D eigenvalue weighted by atomic mass is 35.5. The Balaban J connectivity index is 1.79. The Bertz CT molecular complexity index is 374. The highest BCUT2D eigenvalue weighted by Gasteiger charge is 2.24. The average Bonchev–Trinajstić information content (AvgIpc) is 2.91. The molecule has 1 fully saturated rings. The predicted octanol–water partition coefficient (Wildman–Crippen LogP) is 2.27. The Morgan fingerprint density at radius 1 is 1.44 bits per heavy atom. The van der Waals surface area contributed by atoms with Crippen LogP contribution in [0.25, 0.3) is 0 Å². The number of hydrogen-bond acceptors (Lipinski definition) is 3. The Morgan fingerprint density at radius 2 is 2.17 bits per heavy atom. The Labute approximate surface area is 117 Å². The zero-order valence-electron chi connectivity index (χ0n) is 10.6. The molecule has 0 saturated carbocycles. The quantitative estimate of drug-likeness (QED) is 0.793. The molecule has 3 nitrogen and oxygen atoms in total. The number of carbonyl (C=O) groups is 1. The molecule has 0 aromatic carbocycles. The van der Waals surface area contributed by atoms with Crippen molar-refractivity contribution in [2.45, 2.75) is 13.5 Å². The summed E-state index contributed by atoms with van der Waals surface area (Å²) in [5.74, 6) is 0.546. The van der Waals surface area contributed by atoms with Gasteiger partial charge in [0.05, 0.1) is 0 Å². The maximum absolute atomic E-state index is 12.0. The smallest absolute Gasteiger partial charge is 0.226 e. The van der Waals surface area contributed by atoms with Gasteiger partial charge in [0.2, 0.25) is 5.91 Å². The monoisotopic (exact) mass is 286 g/mol. The van der Waals surface area contributed by atoms with Crippen LogP contribution in [0.1, 0.15) is 11.8 Å². The maximum atomic E-state index is 12.0. The number of thiophene rings is 1. The van der Waals surface area contributed by atoms with Crippen LogP contribution >= 0.6 is 22.9 Å². The third kappa shape index (κ3) is 3.46. The van der Waals surface area contributed by atoms with Gasteiger partial charge in [-0.15, -0.1) is 22.9 Å². The summed E-state index contributed by atoms with van der Waals surface area (Å²) in [5.41, 5.74) is 0. The fourth-order valence-corrected chi connectivity index (χ4v) is 3.01. The van der Waals surface area contributed by atoms with E-state index in [1.54, 1.807) is 11.3 Å². The second-order valence-electron chi connectivity index (χ2n) is 4.74. The highest BCUT2D eigenvalue weighted by Crippen LogP contribution is 2.14. The molecular weight excluding hydrogens is 268 g/mol. The van der Waals surface area contributed by atoms with Gasteiger partial charge in [-0.3, -0.25) is 9.69 Å². The van der Waals surface area contributed by atoms with Gasteiger partial charge in [0.1, 0.15) is 0 Å². The summed E-state index contributed by atoms with van der Waals surface area (Å²) in [4.78, 5) is 17.7. The molecule has 100 valence electrons. The molecule has 1 aromatic rings. The summed E-state index contributed by atoms with van der Waals surface area (Å²) in [5, 5.41) is 2.11. The van der Waals surface area contributed by atoms with Crippen molar-refractivity contribution in [2.75, 3.05) is 32.1 Å². The number of rotatable bonds is 4. The van der Waals surface area contributed by atoms with Gasteiger partial charge in [0.15, 0.2) is 0 Å². The first-order chi connectivity index (χ1) is 8.70. The average molecular weight is 287 g/mol. The molecule has 2 heterocycles. The van der Waals surface area contributed by atoms with Gasteiger partial charge in [-0.1, -0.05) is 13.0 Å². The molecule has 1 aliphatic rings. The van der Waals surface area contributed by atoms with Crippen LogP contribution < -0.4 is 0 Å². The molecule has 2 rings (SSSR count). The molecule has 1 unspecified atom stereocenters. The Morgan fingerprint density at radius 3 is 2.72 bits per heavy atom. The molecule has 1 amide bonds. The largest absolute Gasteiger partial charge is 0.340 e. The third-order valence-electron chi connectivity index (χ3n) is 3.30. The molecule has 18 heavy (non-hydrogen) atoms. The van der Waals surface area contributed by atoms with E-state index >= 15 is 0 Å². The predicted molar refractivity (Wildman–Crippen MR) is 76.1 cm³/mol. The second kappa shape index (κ2) is 6.55. The minimum atomic E-state index is -0.0597. The molecule has 0 spiro atoms. The first-order valence-corrected chi connectivity index (χ1v) is 7.71. The van der Waals surface area contributed by atoms with Gasteiger partial charge in [-0.25, -0.2) is 0 Å². The number of piperazine rings is 1. The van der Waals surface area contributed by atoms with Crippen molar-refractivity contribution in [1.82, 2.24) is 9.80 Å². The highest BCUT2D eigenvalue weighted by molar-refractivity contribution is 7.09. The molecular formula is C13H19ClN2OS. The lowest BCUT2D eigenvalue weighted by Crippen LogP contribution is -2.49. The van der Waals surface area contributed by atoms with Gasteiger partial charge in [-0.05, 0) is 11.4 Å². The summed E-state index contributed by atoms with van der Waals surface area (Å²) in [6, 6.07) is 4.25. The Hall–Kier alpha value is -0.580. The summed E-state index contributed by atoms with van der Waals surface area (Å²) < 4.78 is 0. The van der Waals surface area contributed by atoms with E-state index in [4.69, 9.17) is 11.6 Å². The molecule has 0 N–H and O–H groups in total. The van der Waals surface area contributed by atoms with E-state index in [1.165, 1.54) is 4.88 Å². The summed E-state index contributed by atoms with van der Waals surface area (Å²) in [6.45, 7) is 6.46. The minimum absolute atomic E-state index is 0.0597. The van der Waals surface area contributed by atoms with Crippen LogP contribution in [-0.2, 0) is 11.3 Å². The first-order valence-electron chi connectivity index (χ1n) is 6.30. The standard InChI is InChI=1S/C13H19ClN2OS/c1-11(9-14)13(17)16-6-4-15(5-7-16)10-12-3-2-8-18-12/h2-3,8,11H,4-7,9-10H2,1H3. The van der Waals surface area contributed by atoms with Gasteiger partial charge >= 0.3 is 0 Å².